The van der Waals surface area contributed by atoms with Crippen molar-refractivity contribution in [1.82, 2.24) is 0 Å². The Bertz CT molecular complexity index is 232. The zero-order chi connectivity index (χ0) is 13.0. The molecular weight excluding hydrogens is 248 g/mol. The van der Waals surface area contributed by atoms with E-state index in [1.165, 1.54) is 0 Å². The highest BCUT2D eigenvalue weighted by molar-refractivity contribution is 7.81. The molecule has 0 rings (SSSR count). The van der Waals surface area contributed by atoms with Crippen LogP contribution in [-0.2, 0) is 28.2 Å². The van der Waals surface area contributed by atoms with Crippen LogP contribution in [0.3, 0.4) is 0 Å². The van der Waals surface area contributed by atoms with E-state index in [4.69, 9.17) is 9.47 Å². The molecule has 0 fully saturated rings. The fraction of sp³-hybridized carbons (Fsp3) is 1.00. The molecule has 0 aliphatic rings. The molecule has 0 aromatic heterocycles. The maximum atomic E-state index is 11.1. The Kier molecular flexibility index (Phi) is 10.8. The fourth-order valence-electron chi connectivity index (χ4n) is 0.917. The summed E-state index contributed by atoms with van der Waals surface area (Å²) in [7, 11) is -3.92. The molecule has 0 radical (unpaired) electrons. The van der Waals surface area contributed by atoms with Crippen molar-refractivity contribution in [2.45, 2.75) is 26.7 Å². The van der Waals surface area contributed by atoms with E-state index >= 15 is 0 Å². The third-order valence-electron chi connectivity index (χ3n) is 1.61. The lowest BCUT2D eigenvalue weighted by Gasteiger charge is -2.06. The Labute approximate surface area is 104 Å². The zero-order valence-corrected chi connectivity index (χ0v) is 11.3. The lowest BCUT2D eigenvalue weighted by molar-refractivity contribution is 0.0783. The van der Waals surface area contributed by atoms with Crippen molar-refractivity contribution in [2.24, 2.45) is 0 Å². The minimum Gasteiger partial charge on any atom is -0.379 e. The minimum absolute atomic E-state index is 0.0296. The quantitative estimate of drug-likeness (QED) is 0.495. The molecule has 0 saturated heterocycles. The largest absolute Gasteiger partial charge is 0.400 e. The van der Waals surface area contributed by atoms with Crippen LogP contribution in [0.2, 0.25) is 0 Å². The van der Waals surface area contributed by atoms with Crippen molar-refractivity contribution in [3.8, 4) is 0 Å². The van der Waals surface area contributed by atoms with Gasteiger partial charge >= 0.3 is 10.4 Å². The normalized spacial score (nSPS) is 11.9. The average Bonchev–Trinajstić information content (AvgIpc) is 2.28. The molecule has 0 heterocycles. The second-order valence-corrected chi connectivity index (χ2v) is 4.56. The topological polar surface area (TPSA) is 71.1 Å². The highest BCUT2D eigenvalue weighted by Gasteiger charge is 2.11. The summed E-state index contributed by atoms with van der Waals surface area (Å²) >= 11 is 0. The standard InChI is InChI=1S/C10H22O6S/c1-3-5-13-7-9-15-17(11,12)16-10-8-14-6-4-2/h3-10H2,1-2H3. The first-order valence-electron chi connectivity index (χ1n) is 5.81. The summed E-state index contributed by atoms with van der Waals surface area (Å²) in [6.45, 7) is 5.54. The molecule has 0 unspecified atom stereocenters. The van der Waals surface area contributed by atoms with Gasteiger partial charge < -0.3 is 9.47 Å². The van der Waals surface area contributed by atoms with Gasteiger partial charge in [-0.1, -0.05) is 13.8 Å². The van der Waals surface area contributed by atoms with Crippen LogP contribution < -0.4 is 0 Å². The van der Waals surface area contributed by atoms with E-state index in [-0.39, 0.29) is 26.4 Å². The highest BCUT2D eigenvalue weighted by atomic mass is 32.3. The highest BCUT2D eigenvalue weighted by Crippen LogP contribution is 1.96. The molecule has 0 spiro atoms. The Morgan fingerprint density at radius 1 is 0.706 bits per heavy atom. The third-order valence-corrected chi connectivity index (χ3v) is 2.52. The predicted molar refractivity (Wildman–Crippen MR) is 63.0 cm³/mol. The van der Waals surface area contributed by atoms with Crippen LogP contribution >= 0.6 is 0 Å². The van der Waals surface area contributed by atoms with E-state index in [0.29, 0.717) is 13.2 Å². The van der Waals surface area contributed by atoms with Crippen LogP contribution in [0.25, 0.3) is 0 Å². The van der Waals surface area contributed by atoms with Gasteiger partial charge in [-0.3, -0.25) is 0 Å². The average molecular weight is 270 g/mol. The summed E-state index contributed by atoms with van der Waals surface area (Å²) in [4.78, 5) is 0. The third kappa shape index (κ3) is 12.0. The van der Waals surface area contributed by atoms with Crippen LogP contribution in [0, 0.1) is 0 Å². The maximum Gasteiger partial charge on any atom is 0.400 e. The Morgan fingerprint density at radius 2 is 1.12 bits per heavy atom. The van der Waals surface area contributed by atoms with Crippen LogP contribution in [0.1, 0.15) is 26.7 Å². The van der Waals surface area contributed by atoms with E-state index in [1.54, 1.807) is 0 Å². The molecular formula is C10H22O6S. The monoisotopic (exact) mass is 270 g/mol. The number of hydrogen-bond acceptors (Lipinski definition) is 6. The van der Waals surface area contributed by atoms with E-state index in [2.05, 4.69) is 8.37 Å². The first kappa shape index (κ1) is 16.8. The van der Waals surface area contributed by atoms with Crippen LogP contribution in [0.4, 0.5) is 0 Å². The summed E-state index contributed by atoms with van der Waals surface area (Å²) in [5, 5.41) is 0. The summed E-state index contributed by atoms with van der Waals surface area (Å²) in [5.41, 5.74) is 0. The molecule has 0 aromatic carbocycles. The first-order chi connectivity index (χ1) is 8.12. The summed E-state index contributed by atoms with van der Waals surface area (Å²) < 4.78 is 41.5. The lowest BCUT2D eigenvalue weighted by Crippen LogP contribution is -2.16. The Morgan fingerprint density at radius 3 is 1.47 bits per heavy atom. The van der Waals surface area contributed by atoms with Crippen molar-refractivity contribution < 1.29 is 26.3 Å². The van der Waals surface area contributed by atoms with Crippen LogP contribution in [0.5, 0.6) is 0 Å². The van der Waals surface area contributed by atoms with Gasteiger partial charge in [0, 0.05) is 13.2 Å². The molecule has 0 aromatic rings. The number of hydrogen-bond donors (Lipinski definition) is 0. The van der Waals surface area contributed by atoms with E-state index < -0.39 is 10.4 Å². The summed E-state index contributed by atoms with van der Waals surface area (Å²) in [6.07, 6.45) is 1.77. The molecule has 7 heteroatoms. The molecule has 0 aliphatic heterocycles. The van der Waals surface area contributed by atoms with Crippen molar-refractivity contribution in [1.29, 1.82) is 0 Å². The second kappa shape index (κ2) is 10.9. The Hall–Kier alpha value is -0.210. The fourth-order valence-corrected chi connectivity index (χ4v) is 1.53. The summed E-state index contributed by atoms with van der Waals surface area (Å²) in [5.74, 6) is 0. The SMILES string of the molecule is CCCOCCOS(=O)(=O)OCCOCCC. The first-order valence-corrected chi connectivity index (χ1v) is 7.15. The smallest absolute Gasteiger partial charge is 0.379 e. The minimum atomic E-state index is -3.92. The number of ether oxygens (including phenoxy) is 2. The van der Waals surface area contributed by atoms with E-state index in [9.17, 15) is 8.42 Å². The van der Waals surface area contributed by atoms with Crippen LogP contribution in [0.15, 0.2) is 0 Å². The molecule has 0 N–H and O–H groups in total. The zero-order valence-electron chi connectivity index (χ0n) is 10.5. The van der Waals surface area contributed by atoms with E-state index in [1.807, 2.05) is 13.8 Å². The van der Waals surface area contributed by atoms with Crippen molar-refractivity contribution in [2.75, 3.05) is 39.6 Å². The van der Waals surface area contributed by atoms with Crippen molar-refractivity contribution >= 4 is 10.4 Å². The van der Waals surface area contributed by atoms with Gasteiger partial charge in [-0.05, 0) is 12.8 Å². The second-order valence-electron chi connectivity index (χ2n) is 3.28. The van der Waals surface area contributed by atoms with Crippen molar-refractivity contribution in [3.63, 3.8) is 0 Å². The molecule has 6 nitrogen and oxygen atoms in total. The molecule has 0 saturated carbocycles. The maximum absolute atomic E-state index is 11.1. The van der Waals surface area contributed by atoms with E-state index in [0.717, 1.165) is 12.8 Å². The van der Waals surface area contributed by atoms with Crippen LogP contribution in [-0.4, -0.2) is 48.1 Å². The Balaban J connectivity index is 3.46. The molecule has 0 aliphatic carbocycles. The van der Waals surface area contributed by atoms with Gasteiger partial charge in [0.15, 0.2) is 0 Å². The van der Waals surface area contributed by atoms with Crippen molar-refractivity contribution in [3.05, 3.63) is 0 Å². The summed E-state index contributed by atoms with van der Waals surface area (Å²) in [6, 6.07) is 0. The molecule has 17 heavy (non-hydrogen) atoms. The van der Waals surface area contributed by atoms with Gasteiger partial charge in [-0.25, -0.2) is 8.37 Å². The van der Waals surface area contributed by atoms with Gasteiger partial charge in [-0.15, -0.1) is 0 Å². The molecule has 0 amide bonds. The molecule has 104 valence electrons. The van der Waals surface area contributed by atoms with Gasteiger partial charge in [0.1, 0.15) is 0 Å². The van der Waals surface area contributed by atoms with Gasteiger partial charge in [0.2, 0.25) is 0 Å². The lowest BCUT2D eigenvalue weighted by atomic mass is 10.5. The van der Waals surface area contributed by atoms with Gasteiger partial charge in [-0.2, -0.15) is 8.42 Å². The van der Waals surface area contributed by atoms with Gasteiger partial charge in [0.05, 0.1) is 26.4 Å². The molecule has 0 bridgehead atoms. The number of rotatable bonds is 12. The predicted octanol–water partition coefficient (Wildman–Crippen LogP) is 1.12. The van der Waals surface area contributed by atoms with Gasteiger partial charge in [0.25, 0.3) is 0 Å². The molecule has 0 atom stereocenters.